The van der Waals surface area contributed by atoms with Gasteiger partial charge in [-0.05, 0) is 37.6 Å². The maximum atomic E-state index is 13.1. The van der Waals surface area contributed by atoms with Crippen LogP contribution in [0, 0.1) is 0 Å². The average molecular weight is 405 g/mol. The third kappa shape index (κ3) is 3.18. The molecule has 3 aliphatic heterocycles. The van der Waals surface area contributed by atoms with Gasteiger partial charge in [-0.25, -0.2) is 4.98 Å². The molecule has 0 saturated carbocycles. The molecule has 5 heterocycles. The summed E-state index contributed by atoms with van der Waals surface area (Å²) < 4.78 is 6.26. The van der Waals surface area contributed by atoms with E-state index < -0.39 is 0 Å². The Bertz CT molecular complexity index is 806. The van der Waals surface area contributed by atoms with E-state index in [2.05, 4.69) is 21.3 Å². The number of hydrogen-bond acceptors (Lipinski definition) is 7. The molecule has 0 aliphatic carbocycles. The standard InChI is InChI=1S/C19H24N4O2S2/c24-17(22-7-9-23(10-8-22)18-21-6-12-26-18)16-13-14-15(27-16)1-11-25-19(14)2-4-20-5-3-19/h6,12-13,20H,1-5,7-11H2. The van der Waals surface area contributed by atoms with Crippen LogP contribution in [-0.4, -0.2) is 61.7 Å². The first-order valence-corrected chi connectivity index (χ1v) is 11.4. The molecule has 5 rings (SSSR count). The highest BCUT2D eigenvalue weighted by molar-refractivity contribution is 7.14. The number of carbonyl (C=O) groups excluding carboxylic acids is 1. The molecule has 1 amide bonds. The molecule has 1 N–H and O–H groups in total. The minimum Gasteiger partial charge on any atom is -0.370 e. The first-order valence-electron chi connectivity index (χ1n) is 9.67. The van der Waals surface area contributed by atoms with Crippen LogP contribution in [0.2, 0.25) is 0 Å². The SMILES string of the molecule is O=C(c1cc2c(s1)CCOC21CCNCC1)N1CCN(c2nccs2)CC1. The highest BCUT2D eigenvalue weighted by Crippen LogP contribution is 2.43. The lowest BCUT2D eigenvalue weighted by Gasteiger charge is -2.40. The molecule has 2 saturated heterocycles. The molecule has 0 aromatic carbocycles. The summed E-state index contributed by atoms with van der Waals surface area (Å²) in [5.41, 5.74) is 1.11. The van der Waals surface area contributed by atoms with E-state index in [0.29, 0.717) is 0 Å². The van der Waals surface area contributed by atoms with E-state index in [4.69, 9.17) is 4.74 Å². The summed E-state index contributed by atoms with van der Waals surface area (Å²) in [7, 11) is 0. The van der Waals surface area contributed by atoms with Crippen LogP contribution in [0.25, 0.3) is 0 Å². The molecular formula is C19H24N4O2S2. The van der Waals surface area contributed by atoms with Crippen molar-refractivity contribution in [1.82, 2.24) is 15.2 Å². The number of anilines is 1. The average Bonchev–Trinajstić information content (AvgIpc) is 3.39. The second-order valence-corrected chi connectivity index (χ2v) is 9.39. The van der Waals surface area contributed by atoms with Crippen molar-refractivity contribution in [3.63, 3.8) is 0 Å². The predicted octanol–water partition coefficient (Wildman–Crippen LogP) is 2.32. The lowest BCUT2D eigenvalue weighted by Crippen LogP contribution is -2.48. The normalized spacial score (nSPS) is 22.1. The molecule has 6 nitrogen and oxygen atoms in total. The third-order valence-electron chi connectivity index (χ3n) is 5.89. The van der Waals surface area contributed by atoms with Crippen LogP contribution in [0.4, 0.5) is 5.13 Å². The molecule has 2 aromatic rings. The van der Waals surface area contributed by atoms with Crippen molar-refractivity contribution in [2.24, 2.45) is 0 Å². The fourth-order valence-corrected chi connectivity index (χ4v) is 6.29. The van der Waals surface area contributed by atoms with Crippen LogP contribution >= 0.6 is 22.7 Å². The van der Waals surface area contributed by atoms with Crippen molar-refractivity contribution in [1.29, 1.82) is 0 Å². The number of hydrogen-bond donors (Lipinski definition) is 1. The van der Waals surface area contributed by atoms with Gasteiger partial charge < -0.3 is 19.9 Å². The lowest BCUT2D eigenvalue weighted by atomic mass is 9.83. The number of fused-ring (bicyclic) bond motifs is 2. The van der Waals surface area contributed by atoms with Gasteiger partial charge in [0, 0.05) is 49.1 Å². The van der Waals surface area contributed by atoms with E-state index >= 15 is 0 Å². The van der Waals surface area contributed by atoms with Gasteiger partial charge in [-0.3, -0.25) is 4.79 Å². The van der Waals surface area contributed by atoms with Crippen LogP contribution in [-0.2, 0) is 16.8 Å². The number of ether oxygens (including phenoxy) is 1. The number of nitrogens with one attached hydrogen (secondary N) is 1. The molecule has 8 heteroatoms. The van der Waals surface area contributed by atoms with Crippen LogP contribution < -0.4 is 10.2 Å². The van der Waals surface area contributed by atoms with Crippen molar-refractivity contribution >= 4 is 33.7 Å². The summed E-state index contributed by atoms with van der Waals surface area (Å²) in [6, 6.07) is 2.14. The molecule has 0 atom stereocenters. The summed E-state index contributed by atoms with van der Waals surface area (Å²) in [6.45, 7) is 5.95. The molecule has 1 spiro atoms. The second kappa shape index (κ2) is 7.16. The smallest absolute Gasteiger partial charge is 0.264 e. The zero-order valence-corrected chi connectivity index (χ0v) is 16.9. The molecule has 3 aliphatic rings. The number of carbonyl (C=O) groups is 1. The Morgan fingerprint density at radius 3 is 2.78 bits per heavy atom. The number of thiazole rings is 1. The Morgan fingerprint density at radius 1 is 1.22 bits per heavy atom. The topological polar surface area (TPSA) is 57.7 Å². The first-order chi connectivity index (χ1) is 13.3. The maximum absolute atomic E-state index is 13.1. The molecule has 27 heavy (non-hydrogen) atoms. The second-order valence-electron chi connectivity index (χ2n) is 7.38. The summed E-state index contributed by atoms with van der Waals surface area (Å²) in [5, 5.41) is 6.48. The van der Waals surface area contributed by atoms with Gasteiger partial charge in [-0.15, -0.1) is 22.7 Å². The maximum Gasteiger partial charge on any atom is 0.264 e. The number of thiophene rings is 1. The minimum absolute atomic E-state index is 0.169. The zero-order valence-electron chi connectivity index (χ0n) is 15.3. The quantitative estimate of drug-likeness (QED) is 0.833. The van der Waals surface area contributed by atoms with Gasteiger partial charge in [0.2, 0.25) is 0 Å². The van der Waals surface area contributed by atoms with Gasteiger partial charge in [0.1, 0.15) is 0 Å². The number of piperazine rings is 1. The van der Waals surface area contributed by atoms with Crippen LogP contribution in [0.3, 0.4) is 0 Å². The van der Waals surface area contributed by atoms with Crippen molar-refractivity contribution in [3.05, 3.63) is 33.0 Å². The van der Waals surface area contributed by atoms with Crippen molar-refractivity contribution < 1.29 is 9.53 Å². The van der Waals surface area contributed by atoms with E-state index in [0.717, 1.165) is 75.1 Å². The Balaban J connectivity index is 1.32. The summed E-state index contributed by atoms with van der Waals surface area (Å²) in [5.74, 6) is 0.178. The largest absolute Gasteiger partial charge is 0.370 e. The van der Waals surface area contributed by atoms with Crippen molar-refractivity contribution in [2.75, 3.05) is 50.8 Å². The van der Waals surface area contributed by atoms with Gasteiger partial charge in [0.15, 0.2) is 5.13 Å². The third-order valence-corrected chi connectivity index (χ3v) is 7.90. The van der Waals surface area contributed by atoms with Gasteiger partial charge in [-0.1, -0.05) is 0 Å². The summed E-state index contributed by atoms with van der Waals surface area (Å²) >= 11 is 3.35. The Kier molecular flexibility index (Phi) is 4.67. The Morgan fingerprint density at radius 2 is 2.04 bits per heavy atom. The zero-order chi connectivity index (χ0) is 18.3. The number of nitrogens with zero attached hydrogens (tertiary/aromatic N) is 3. The molecular weight excluding hydrogens is 380 g/mol. The van der Waals surface area contributed by atoms with Gasteiger partial charge in [0.25, 0.3) is 5.91 Å². The number of amides is 1. The van der Waals surface area contributed by atoms with Crippen LogP contribution in [0.1, 0.15) is 33.0 Å². The van der Waals surface area contributed by atoms with E-state index in [1.807, 2.05) is 16.5 Å². The lowest BCUT2D eigenvalue weighted by molar-refractivity contribution is -0.0792. The molecule has 2 fully saturated rings. The number of piperidine rings is 1. The summed E-state index contributed by atoms with van der Waals surface area (Å²) in [6.07, 6.45) is 4.76. The molecule has 0 unspecified atom stereocenters. The van der Waals surface area contributed by atoms with E-state index in [-0.39, 0.29) is 11.5 Å². The Labute approximate surface area is 167 Å². The Hall–Kier alpha value is -1.48. The summed E-state index contributed by atoms with van der Waals surface area (Å²) in [4.78, 5) is 24.0. The highest BCUT2D eigenvalue weighted by Gasteiger charge is 2.41. The molecule has 144 valence electrons. The number of aromatic nitrogens is 1. The van der Waals surface area contributed by atoms with Crippen LogP contribution in [0.15, 0.2) is 17.6 Å². The highest BCUT2D eigenvalue weighted by atomic mass is 32.1. The van der Waals surface area contributed by atoms with E-state index in [9.17, 15) is 4.79 Å². The van der Waals surface area contributed by atoms with Gasteiger partial charge in [0.05, 0.1) is 17.1 Å². The van der Waals surface area contributed by atoms with Crippen LogP contribution in [0.5, 0.6) is 0 Å². The monoisotopic (exact) mass is 404 g/mol. The minimum atomic E-state index is -0.169. The molecule has 0 radical (unpaired) electrons. The molecule has 0 bridgehead atoms. The van der Waals surface area contributed by atoms with Gasteiger partial charge >= 0.3 is 0 Å². The fraction of sp³-hybridized carbons (Fsp3) is 0.579. The van der Waals surface area contributed by atoms with Crippen molar-refractivity contribution in [2.45, 2.75) is 24.9 Å². The van der Waals surface area contributed by atoms with Crippen molar-refractivity contribution in [3.8, 4) is 0 Å². The predicted molar refractivity (Wildman–Crippen MR) is 108 cm³/mol. The fourth-order valence-electron chi connectivity index (χ4n) is 4.40. The molecule has 2 aromatic heterocycles. The van der Waals surface area contributed by atoms with E-state index in [1.165, 1.54) is 10.4 Å². The van der Waals surface area contributed by atoms with E-state index in [1.54, 1.807) is 22.7 Å². The van der Waals surface area contributed by atoms with Gasteiger partial charge in [-0.2, -0.15) is 0 Å². The first kappa shape index (κ1) is 17.6. The number of rotatable bonds is 2.